The lowest BCUT2D eigenvalue weighted by molar-refractivity contribution is 0.211. The first-order valence-electron chi connectivity index (χ1n) is 6.89. The minimum atomic E-state index is -0.664. The van der Waals surface area contributed by atoms with Crippen LogP contribution in [0.2, 0.25) is 0 Å². The molecule has 3 heteroatoms. The first kappa shape index (κ1) is 12.9. The molecule has 2 N–H and O–H groups in total. The highest BCUT2D eigenvalue weighted by Gasteiger charge is 2.39. The van der Waals surface area contributed by atoms with E-state index in [1.807, 2.05) is 6.92 Å². The van der Waals surface area contributed by atoms with E-state index in [0.717, 1.165) is 30.7 Å². The second-order valence-electron chi connectivity index (χ2n) is 6.48. The molecule has 2 saturated carbocycles. The largest absolute Gasteiger partial charge is 0.314 e. The fourth-order valence-electron chi connectivity index (χ4n) is 3.57. The molecule has 2 aliphatic rings. The summed E-state index contributed by atoms with van der Waals surface area (Å²) in [5.41, 5.74) is 5.18. The van der Waals surface area contributed by atoms with Crippen molar-refractivity contribution in [1.82, 2.24) is 4.90 Å². The highest BCUT2D eigenvalue weighted by atomic mass is 15.1. The van der Waals surface area contributed by atoms with Gasteiger partial charge in [-0.1, -0.05) is 6.42 Å². The van der Waals surface area contributed by atoms with Crippen molar-refractivity contribution in [3.8, 4) is 6.07 Å². The summed E-state index contributed by atoms with van der Waals surface area (Å²) in [6, 6.07) is 2.17. The van der Waals surface area contributed by atoms with Crippen LogP contribution >= 0.6 is 0 Å². The van der Waals surface area contributed by atoms with Gasteiger partial charge in [-0.25, -0.2) is 0 Å². The Morgan fingerprint density at radius 3 is 2.71 bits per heavy atom. The molecule has 0 aromatic carbocycles. The van der Waals surface area contributed by atoms with Gasteiger partial charge in [-0.3, -0.25) is 0 Å². The van der Waals surface area contributed by atoms with Gasteiger partial charge in [0.2, 0.25) is 0 Å². The van der Waals surface area contributed by atoms with Gasteiger partial charge in [0.05, 0.1) is 6.07 Å². The molecule has 0 saturated heterocycles. The lowest BCUT2D eigenvalue weighted by atomic mass is 9.88. The van der Waals surface area contributed by atoms with Crippen LogP contribution in [-0.2, 0) is 0 Å². The first-order valence-corrected chi connectivity index (χ1v) is 6.89. The van der Waals surface area contributed by atoms with E-state index >= 15 is 0 Å². The second kappa shape index (κ2) is 4.96. The molecule has 4 atom stereocenters. The van der Waals surface area contributed by atoms with Crippen LogP contribution < -0.4 is 5.73 Å². The second-order valence-corrected chi connectivity index (χ2v) is 6.48. The minimum absolute atomic E-state index is 0.664. The molecule has 4 unspecified atom stereocenters. The first-order chi connectivity index (χ1) is 8.00. The number of nitriles is 1. The quantitative estimate of drug-likeness (QED) is 0.793. The Labute approximate surface area is 105 Å². The number of hydrogen-bond acceptors (Lipinski definition) is 3. The molecule has 0 aromatic heterocycles. The Balaban J connectivity index is 1.71. The zero-order valence-corrected chi connectivity index (χ0v) is 11.2. The summed E-state index contributed by atoms with van der Waals surface area (Å²) in [5.74, 6) is 2.92. The van der Waals surface area contributed by atoms with Crippen molar-refractivity contribution in [2.75, 3.05) is 20.1 Å². The van der Waals surface area contributed by atoms with Crippen molar-refractivity contribution in [3.05, 3.63) is 0 Å². The van der Waals surface area contributed by atoms with Crippen LogP contribution in [-0.4, -0.2) is 30.6 Å². The van der Waals surface area contributed by atoms with Crippen molar-refractivity contribution in [3.63, 3.8) is 0 Å². The molecule has 2 bridgehead atoms. The molecule has 3 nitrogen and oxygen atoms in total. The van der Waals surface area contributed by atoms with Crippen LogP contribution in [0.1, 0.15) is 39.0 Å². The maximum Gasteiger partial charge on any atom is 0.102 e. The molecular weight excluding hydrogens is 210 g/mol. The van der Waals surface area contributed by atoms with Crippen LogP contribution in [0, 0.1) is 29.1 Å². The van der Waals surface area contributed by atoms with Gasteiger partial charge in [-0.15, -0.1) is 0 Å². The highest BCUT2D eigenvalue weighted by molar-refractivity contribution is 5.01. The average Bonchev–Trinajstić information content (AvgIpc) is 2.88. The zero-order valence-electron chi connectivity index (χ0n) is 11.2. The van der Waals surface area contributed by atoms with Gasteiger partial charge in [-0.2, -0.15) is 5.26 Å². The molecule has 0 aromatic rings. The maximum atomic E-state index is 8.88. The highest BCUT2D eigenvalue weighted by Crippen LogP contribution is 2.48. The molecule has 2 rings (SSSR count). The third-order valence-corrected chi connectivity index (χ3v) is 4.70. The predicted molar refractivity (Wildman–Crippen MR) is 69.3 cm³/mol. The van der Waals surface area contributed by atoms with E-state index in [4.69, 9.17) is 11.0 Å². The van der Waals surface area contributed by atoms with Gasteiger partial charge in [0.25, 0.3) is 0 Å². The number of hydrogen-bond donors (Lipinski definition) is 1. The lowest BCUT2D eigenvalue weighted by Gasteiger charge is -2.28. The molecule has 0 radical (unpaired) electrons. The molecule has 0 aliphatic heterocycles. The smallest absolute Gasteiger partial charge is 0.102 e. The van der Waals surface area contributed by atoms with Crippen molar-refractivity contribution in [2.24, 2.45) is 23.5 Å². The Morgan fingerprint density at radius 1 is 1.41 bits per heavy atom. The topological polar surface area (TPSA) is 53.0 Å². The minimum Gasteiger partial charge on any atom is -0.314 e. The van der Waals surface area contributed by atoms with Gasteiger partial charge in [0.1, 0.15) is 5.54 Å². The molecule has 2 fully saturated rings. The van der Waals surface area contributed by atoms with Gasteiger partial charge in [-0.05, 0) is 57.4 Å². The number of nitrogens with zero attached hydrogens (tertiary/aromatic N) is 2. The molecule has 96 valence electrons. The van der Waals surface area contributed by atoms with Crippen molar-refractivity contribution in [2.45, 2.75) is 44.6 Å². The standard InChI is InChI=1S/C14H25N3/c1-14(16,10-15)5-6-17(2)9-13-8-11-3-4-12(13)7-11/h11-13H,3-9,16H2,1-2H3. The lowest BCUT2D eigenvalue weighted by Crippen LogP contribution is -2.39. The molecule has 0 heterocycles. The zero-order chi connectivity index (χ0) is 12.5. The Hall–Kier alpha value is -0.590. The van der Waals surface area contributed by atoms with Crippen LogP contribution in [0.25, 0.3) is 0 Å². The van der Waals surface area contributed by atoms with Crippen LogP contribution in [0.3, 0.4) is 0 Å². The number of nitrogens with two attached hydrogens (primary N) is 1. The molecule has 17 heavy (non-hydrogen) atoms. The summed E-state index contributed by atoms with van der Waals surface area (Å²) in [4.78, 5) is 2.37. The van der Waals surface area contributed by atoms with Crippen LogP contribution in [0.5, 0.6) is 0 Å². The molecular formula is C14H25N3. The summed E-state index contributed by atoms with van der Waals surface area (Å²) in [7, 11) is 2.17. The van der Waals surface area contributed by atoms with Gasteiger partial charge in [0.15, 0.2) is 0 Å². The van der Waals surface area contributed by atoms with Gasteiger partial charge in [0, 0.05) is 13.1 Å². The van der Waals surface area contributed by atoms with Crippen LogP contribution in [0.4, 0.5) is 0 Å². The van der Waals surface area contributed by atoms with E-state index < -0.39 is 5.54 Å². The summed E-state index contributed by atoms with van der Waals surface area (Å²) in [6.07, 6.45) is 6.61. The monoisotopic (exact) mass is 235 g/mol. The van der Waals surface area contributed by atoms with Gasteiger partial charge >= 0.3 is 0 Å². The maximum absolute atomic E-state index is 8.88. The van der Waals surface area contributed by atoms with E-state index in [0.29, 0.717) is 0 Å². The number of rotatable bonds is 5. The average molecular weight is 235 g/mol. The van der Waals surface area contributed by atoms with E-state index in [1.54, 1.807) is 0 Å². The van der Waals surface area contributed by atoms with Gasteiger partial charge < -0.3 is 10.6 Å². The third-order valence-electron chi connectivity index (χ3n) is 4.70. The number of fused-ring (bicyclic) bond motifs is 2. The summed E-state index contributed by atoms with van der Waals surface area (Å²) < 4.78 is 0. The SMILES string of the molecule is CN(CCC(C)(N)C#N)CC1CC2CCC1C2. The Morgan fingerprint density at radius 2 is 2.18 bits per heavy atom. The molecule has 2 aliphatic carbocycles. The van der Waals surface area contributed by atoms with Crippen molar-refractivity contribution in [1.29, 1.82) is 5.26 Å². The predicted octanol–water partition coefficient (Wildman–Crippen LogP) is 1.99. The molecule has 0 amide bonds. The van der Waals surface area contributed by atoms with Crippen LogP contribution in [0.15, 0.2) is 0 Å². The normalized spacial score (nSPS) is 34.9. The van der Waals surface area contributed by atoms with E-state index in [2.05, 4.69) is 18.0 Å². The van der Waals surface area contributed by atoms with E-state index in [-0.39, 0.29) is 0 Å². The summed E-state index contributed by atoms with van der Waals surface area (Å²) in [5, 5.41) is 8.88. The fourth-order valence-corrected chi connectivity index (χ4v) is 3.57. The van der Waals surface area contributed by atoms with Crippen molar-refractivity contribution < 1.29 is 0 Å². The molecule has 0 spiro atoms. The Kier molecular flexibility index (Phi) is 3.75. The Bertz CT molecular complexity index is 305. The fraction of sp³-hybridized carbons (Fsp3) is 0.929. The van der Waals surface area contributed by atoms with Crippen molar-refractivity contribution >= 4 is 0 Å². The van der Waals surface area contributed by atoms with E-state index in [1.165, 1.54) is 32.2 Å². The summed E-state index contributed by atoms with van der Waals surface area (Å²) in [6.45, 7) is 3.95. The third kappa shape index (κ3) is 3.20. The van der Waals surface area contributed by atoms with E-state index in [9.17, 15) is 0 Å². The summed E-state index contributed by atoms with van der Waals surface area (Å²) >= 11 is 0.